The molecular formula is C7H15NS. The summed E-state index contributed by atoms with van der Waals surface area (Å²) in [6.45, 7) is 4.51. The molecule has 1 saturated heterocycles. The third kappa shape index (κ3) is 2.18. The first-order valence-electron chi connectivity index (χ1n) is 3.70. The third-order valence-corrected chi connectivity index (χ3v) is 3.05. The van der Waals surface area contributed by atoms with Crippen molar-refractivity contribution in [3.63, 3.8) is 0 Å². The molecule has 1 nitrogen and oxygen atoms in total. The van der Waals surface area contributed by atoms with Gasteiger partial charge in [0.05, 0.1) is 5.37 Å². The SMILES string of the molecule is CCC1N[C@H](C)CCS1. The van der Waals surface area contributed by atoms with Crippen LogP contribution >= 0.6 is 11.8 Å². The van der Waals surface area contributed by atoms with Gasteiger partial charge in [0, 0.05) is 6.04 Å². The molecule has 54 valence electrons. The van der Waals surface area contributed by atoms with E-state index in [1.807, 2.05) is 0 Å². The van der Waals surface area contributed by atoms with Gasteiger partial charge in [0.1, 0.15) is 0 Å². The fraction of sp³-hybridized carbons (Fsp3) is 1.00. The molecule has 1 aliphatic heterocycles. The van der Waals surface area contributed by atoms with Crippen molar-refractivity contribution in [2.45, 2.75) is 38.1 Å². The molecule has 0 radical (unpaired) electrons. The summed E-state index contributed by atoms with van der Waals surface area (Å²) in [5.74, 6) is 1.34. The van der Waals surface area contributed by atoms with E-state index < -0.39 is 0 Å². The van der Waals surface area contributed by atoms with Gasteiger partial charge in [-0.3, -0.25) is 0 Å². The van der Waals surface area contributed by atoms with Gasteiger partial charge < -0.3 is 5.32 Å². The highest BCUT2D eigenvalue weighted by atomic mass is 32.2. The number of hydrogen-bond acceptors (Lipinski definition) is 2. The van der Waals surface area contributed by atoms with Crippen molar-refractivity contribution in [2.75, 3.05) is 5.75 Å². The lowest BCUT2D eigenvalue weighted by Gasteiger charge is -2.27. The molecule has 1 fully saturated rings. The minimum Gasteiger partial charge on any atom is -0.303 e. The Morgan fingerprint density at radius 3 is 2.89 bits per heavy atom. The van der Waals surface area contributed by atoms with E-state index in [1.165, 1.54) is 18.6 Å². The number of thioether (sulfide) groups is 1. The zero-order chi connectivity index (χ0) is 6.69. The van der Waals surface area contributed by atoms with E-state index >= 15 is 0 Å². The first kappa shape index (κ1) is 7.42. The van der Waals surface area contributed by atoms with Crippen molar-refractivity contribution in [3.8, 4) is 0 Å². The van der Waals surface area contributed by atoms with Gasteiger partial charge >= 0.3 is 0 Å². The van der Waals surface area contributed by atoms with Gasteiger partial charge in [-0.05, 0) is 25.5 Å². The molecule has 1 rings (SSSR count). The molecule has 2 heteroatoms. The summed E-state index contributed by atoms with van der Waals surface area (Å²) in [6.07, 6.45) is 2.59. The Labute approximate surface area is 61.6 Å². The summed E-state index contributed by atoms with van der Waals surface area (Å²) in [6, 6.07) is 0.746. The predicted octanol–water partition coefficient (Wildman–Crippen LogP) is 1.84. The first-order chi connectivity index (χ1) is 4.33. The van der Waals surface area contributed by atoms with Gasteiger partial charge in [0.15, 0.2) is 0 Å². The van der Waals surface area contributed by atoms with E-state index in [9.17, 15) is 0 Å². The van der Waals surface area contributed by atoms with Crippen LogP contribution in [0.15, 0.2) is 0 Å². The molecule has 0 aliphatic carbocycles. The largest absolute Gasteiger partial charge is 0.303 e. The molecule has 1 unspecified atom stereocenters. The summed E-state index contributed by atoms with van der Waals surface area (Å²) in [5, 5.41) is 4.26. The number of nitrogens with one attached hydrogen (secondary N) is 1. The molecule has 0 aromatic rings. The summed E-state index contributed by atoms with van der Waals surface area (Å²) >= 11 is 2.06. The molecule has 9 heavy (non-hydrogen) atoms. The van der Waals surface area contributed by atoms with Gasteiger partial charge in [-0.15, -0.1) is 11.8 Å². The lowest BCUT2D eigenvalue weighted by atomic mass is 10.2. The quantitative estimate of drug-likeness (QED) is 0.604. The van der Waals surface area contributed by atoms with Crippen molar-refractivity contribution < 1.29 is 0 Å². The van der Waals surface area contributed by atoms with Gasteiger partial charge in [-0.2, -0.15) is 0 Å². The molecule has 0 aromatic carbocycles. The summed E-state index contributed by atoms with van der Waals surface area (Å²) in [7, 11) is 0. The third-order valence-electron chi connectivity index (χ3n) is 1.71. The zero-order valence-corrected chi connectivity index (χ0v) is 7.00. The van der Waals surface area contributed by atoms with E-state index in [-0.39, 0.29) is 0 Å². The molecule has 1 aliphatic rings. The van der Waals surface area contributed by atoms with E-state index in [4.69, 9.17) is 0 Å². The van der Waals surface area contributed by atoms with E-state index in [1.54, 1.807) is 0 Å². The standard InChI is InChI=1S/C7H15NS/c1-3-7-8-6(2)4-5-9-7/h6-8H,3-5H2,1-2H3/t6-,7?/m1/s1. The van der Waals surface area contributed by atoms with Crippen LogP contribution < -0.4 is 5.32 Å². The minimum atomic E-state index is 0.730. The predicted molar refractivity (Wildman–Crippen MR) is 43.8 cm³/mol. The van der Waals surface area contributed by atoms with Crippen LogP contribution in [0.2, 0.25) is 0 Å². The summed E-state index contributed by atoms with van der Waals surface area (Å²) in [5.41, 5.74) is 0. The Balaban J connectivity index is 2.23. The van der Waals surface area contributed by atoms with Crippen molar-refractivity contribution in [2.24, 2.45) is 0 Å². The van der Waals surface area contributed by atoms with Crippen LogP contribution in [0.25, 0.3) is 0 Å². The Morgan fingerprint density at radius 2 is 2.44 bits per heavy atom. The average Bonchev–Trinajstić information content (AvgIpc) is 1.88. The summed E-state index contributed by atoms with van der Waals surface area (Å²) < 4.78 is 0. The average molecular weight is 145 g/mol. The van der Waals surface area contributed by atoms with Crippen LogP contribution in [0.5, 0.6) is 0 Å². The lowest BCUT2D eigenvalue weighted by Crippen LogP contribution is -2.38. The van der Waals surface area contributed by atoms with Crippen LogP contribution in [0.4, 0.5) is 0 Å². The smallest absolute Gasteiger partial charge is 0.0531 e. The van der Waals surface area contributed by atoms with Crippen LogP contribution in [0.1, 0.15) is 26.7 Å². The Hall–Kier alpha value is 0.310. The van der Waals surface area contributed by atoms with Gasteiger partial charge in [0.2, 0.25) is 0 Å². The van der Waals surface area contributed by atoms with E-state index in [2.05, 4.69) is 30.9 Å². The van der Waals surface area contributed by atoms with Crippen molar-refractivity contribution in [3.05, 3.63) is 0 Å². The number of rotatable bonds is 1. The monoisotopic (exact) mass is 145 g/mol. The molecule has 0 saturated carbocycles. The number of hydrogen-bond donors (Lipinski definition) is 1. The van der Waals surface area contributed by atoms with Crippen LogP contribution in [0.3, 0.4) is 0 Å². The Morgan fingerprint density at radius 1 is 1.67 bits per heavy atom. The second-order valence-corrected chi connectivity index (χ2v) is 3.93. The summed E-state index contributed by atoms with van der Waals surface area (Å²) in [4.78, 5) is 0. The molecule has 0 amide bonds. The highest BCUT2D eigenvalue weighted by Gasteiger charge is 2.15. The van der Waals surface area contributed by atoms with Crippen LogP contribution in [-0.2, 0) is 0 Å². The van der Waals surface area contributed by atoms with E-state index in [0.717, 1.165) is 11.4 Å². The maximum atomic E-state index is 3.53. The molecule has 0 bridgehead atoms. The zero-order valence-electron chi connectivity index (χ0n) is 6.18. The molecule has 1 heterocycles. The van der Waals surface area contributed by atoms with Crippen molar-refractivity contribution >= 4 is 11.8 Å². The molecule has 1 N–H and O–H groups in total. The maximum Gasteiger partial charge on any atom is 0.0531 e. The van der Waals surface area contributed by atoms with Gasteiger partial charge in [0.25, 0.3) is 0 Å². The second kappa shape index (κ2) is 3.47. The molecule has 0 aromatic heterocycles. The topological polar surface area (TPSA) is 12.0 Å². The van der Waals surface area contributed by atoms with Crippen LogP contribution in [-0.4, -0.2) is 17.2 Å². The highest BCUT2D eigenvalue weighted by Crippen LogP contribution is 2.19. The van der Waals surface area contributed by atoms with Gasteiger partial charge in [-0.1, -0.05) is 6.92 Å². The Kier molecular flexibility index (Phi) is 2.86. The second-order valence-electron chi connectivity index (χ2n) is 2.62. The fourth-order valence-corrected chi connectivity index (χ4v) is 2.41. The molecule has 2 atom stereocenters. The lowest BCUT2D eigenvalue weighted by molar-refractivity contribution is 0.495. The van der Waals surface area contributed by atoms with E-state index in [0.29, 0.717) is 0 Å². The van der Waals surface area contributed by atoms with Crippen molar-refractivity contribution in [1.82, 2.24) is 5.32 Å². The molecule has 0 spiro atoms. The minimum absolute atomic E-state index is 0.730. The highest BCUT2D eigenvalue weighted by molar-refractivity contribution is 7.99. The molecular weight excluding hydrogens is 130 g/mol. The van der Waals surface area contributed by atoms with Crippen LogP contribution in [0, 0.1) is 0 Å². The normalized spacial score (nSPS) is 36.7. The Bertz CT molecular complexity index is 85.0. The maximum absolute atomic E-state index is 3.53. The van der Waals surface area contributed by atoms with Gasteiger partial charge in [-0.25, -0.2) is 0 Å². The first-order valence-corrected chi connectivity index (χ1v) is 4.75. The fourth-order valence-electron chi connectivity index (χ4n) is 1.07. The van der Waals surface area contributed by atoms with Crippen molar-refractivity contribution in [1.29, 1.82) is 0 Å².